The van der Waals surface area contributed by atoms with Gasteiger partial charge in [-0.05, 0) is 63.9 Å². The Morgan fingerprint density at radius 3 is 2.71 bits per heavy atom. The van der Waals surface area contributed by atoms with Crippen molar-refractivity contribution in [3.05, 3.63) is 37.2 Å². The van der Waals surface area contributed by atoms with Crippen LogP contribution in [0.1, 0.15) is 49.8 Å². The molecule has 6 heteroatoms. The molecule has 21 heavy (non-hydrogen) atoms. The van der Waals surface area contributed by atoms with E-state index in [1.54, 1.807) is 11.3 Å². The standard InChI is InChI=1S/C15H21Br2N3S/c1-4-10(3)20-7-6-11(19-20)8-13(18-5-2)14-9-12(16)15(17)21-14/h6-7,9-10,13,18H,4-5,8H2,1-3H3. The molecule has 0 amide bonds. The van der Waals surface area contributed by atoms with Crippen LogP contribution in [0.25, 0.3) is 0 Å². The topological polar surface area (TPSA) is 29.9 Å². The molecule has 0 bridgehead atoms. The van der Waals surface area contributed by atoms with Crippen molar-refractivity contribution >= 4 is 43.2 Å². The van der Waals surface area contributed by atoms with Gasteiger partial charge in [-0.1, -0.05) is 13.8 Å². The number of rotatable bonds is 7. The molecule has 0 saturated heterocycles. The average Bonchev–Trinajstić information content (AvgIpc) is 3.05. The van der Waals surface area contributed by atoms with E-state index >= 15 is 0 Å². The van der Waals surface area contributed by atoms with Crippen LogP contribution in [0.5, 0.6) is 0 Å². The van der Waals surface area contributed by atoms with E-state index in [0.29, 0.717) is 12.1 Å². The van der Waals surface area contributed by atoms with Crippen LogP contribution in [-0.4, -0.2) is 16.3 Å². The Balaban J connectivity index is 2.14. The average molecular weight is 435 g/mol. The summed E-state index contributed by atoms with van der Waals surface area (Å²) in [6, 6.07) is 5.09. The Morgan fingerprint density at radius 1 is 1.38 bits per heavy atom. The van der Waals surface area contributed by atoms with Crippen LogP contribution in [0.15, 0.2) is 26.6 Å². The Labute approximate surface area is 147 Å². The van der Waals surface area contributed by atoms with E-state index in [1.807, 2.05) is 0 Å². The van der Waals surface area contributed by atoms with E-state index in [0.717, 1.165) is 33.3 Å². The second-order valence-electron chi connectivity index (χ2n) is 5.13. The van der Waals surface area contributed by atoms with E-state index in [-0.39, 0.29) is 0 Å². The number of hydrogen-bond acceptors (Lipinski definition) is 3. The first-order valence-electron chi connectivity index (χ1n) is 7.27. The second kappa shape index (κ2) is 7.90. The van der Waals surface area contributed by atoms with Gasteiger partial charge in [0.1, 0.15) is 0 Å². The van der Waals surface area contributed by atoms with Crippen LogP contribution >= 0.6 is 43.2 Å². The fourth-order valence-electron chi connectivity index (χ4n) is 2.18. The van der Waals surface area contributed by atoms with Crippen molar-refractivity contribution in [1.82, 2.24) is 15.1 Å². The van der Waals surface area contributed by atoms with E-state index in [2.05, 4.69) is 81.0 Å². The molecule has 1 N–H and O–H groups in total. The molecule has 2 heterocycles. The van der Waals surface area contributed by atoms with E-state index in [4.69, 9.17) is 5.10 Å². The largest absolute Gasteiger partial charge is 0.309 e. The molecule has 0 aliphatic carbocycles. The Kier molecular flexibility index (Phi) is 6.47. The van der Waals surface area contributed by atoms with Crippen molar-refractivity contribution in [2.24, 2.45) is 0 Å². The number of halogens is 2. The van der Waals surface area contributed by atoms with Crippen molar-refractivity contribution in [2.75, 3.05) is 6.54 Å². The lowest BCUT2D eigenvalue weighted by atomic mass is 10.1. The molecule has 0 radical (unpaired) electrons. The van der Waals surface area contributed by atoms with Gasteiger partial charge in [-0.25, -0.2) is 0 Å². The molecule has 116 valence electrons. The molecule has 2 rings (SSSR count). The quantitative estimate of drug-likeness (QED) is 0.637. The molecule has 0 aliphatic rings. The lowest BCUT2D eigenvalue weighted by molar-refractivity contribution is 0.467. The predicted molar refractivity (Wildman–Crippen MR) is 97.1 cm³/mol. The normalized spacial score (nSPS) is 14.3. The van der Waals surface area contributed by atoms with Gasteiger partial charge in [0.25, 0.3) is 0 Å². The molecular weight excluding hydrogens is 414 g/mol. The van der Waals surface area contributed by atoms with Crippen molar-refractivity contribution in [3.8, 4) is 0 Å². The zero-order valence-electron chi connectivity index (χ0n) is 12.6. The smallest absolute Gasteiger partial charge is 0.0843 e. The fraction of sp³-hybridized carbons (Fsp3) is 0.533. The van der Waals surface area contributed by atoms with Gasteiger partial charge in [0.2, 0.25) is 0 Å². The monoisotopic (exact) mass is 433 g/mol. The minimum Gasteiger partial charge on any atom is -0.309 e. The number of hydrogen-bond donors (Lipinski definition) is 1. The van der Waals surface area contributed by atoms with E-state index in [9.17, 15) is 0 Å². The Bertz CT molecular complexity index is 560. The molecule has 0 saturated carbocycles. The highest BCUT2D eigenvalue weighted by molar-refractivity contribution is 9.13. The number of nitrogens with one attached hydrogen (secondary N) is 1. The summed E-state index contributed by atoms with van der Waals surface area (Å²) in [5, 5.41) is 8.28. The van der Waals surface area contributed by atoms with E-state index in [1.165, 1.54) is 4.88 Å². The van der Waals surface area contributed by atoms with E-state index < -0.39 is 0 Å². The highest BCUT2D eigenvalue weighted by Gasteiger charge is 2.17. The van der Waals surface area contributed by atoms with Crippen LogP contribution in [0.2, 0.25) is 0 Å². The first-order valence-corrected chi connectivity index (χ1v) is 9.67. The third kappa shape index (κ3) is 4.41. The van der Waals surface area contributed by atoms with Crippen LogP contribution < -0.4 is 5.32 Å². The summed E-state index contributed by atoms with van der Waals surface area (Å²) in [6.07, 6.45) is 4.10. The van der Waals surface area contributed by atoms with Gasteiger partial charge < -0.3 is 5.32 Å². The SMILES string of the molecule is CCNC(Cc1ccn(C(C)CC)n1)c1cc(Br)c(Br)s1. The van der Waals surface area contributed by atoms with Gasteiger partial charge in [0, 0.05) is 34.1 Å². The molecule has 2 unspecified atom stereocenters. The lowest BCUT2D eigenvalue weighted by Gasteiger charge is -2.15. The summed E-state index contributed by atoms with van der Waals surface area (Å²) < 4.78 is 4.33. The zero-order chi connectivity index (χ0) is 15.4. The van der Waals surface area contributed by atoms with Gasteiger partial charge in [0.15, 0.2) is 0 Å². The van der Waals surface area contributed by atoms with Gasteiger partial charge in [-0.2, -0.15) is 5.10 Å². The minimum atomic E-state index is 0.308. The molecule has 2 atom stereocenters. The third-order valence-electron chi connectivity index (χ3n) is 3.58. The molecule has 0 spiro atoms. The summed E-state index contributed by atoms with van der Waals surface area (Å²) >= 11 is 8.92. The summed E-state index contributed by atoms with van der Waals surface area (Å²) in [6.45, 7) is 7.48. The maximum atomic E-state index is 4.72. The maximum Gasteiger partial charge on any atom is 0.0843 e. The Morgan fingerprint density at radius 2 is 2.14 bits per heavy atom. The van der Waals surface area contributed by atoms with Crippen LogP contribution in [0, 0.1) is 0 Å². The molecule has 2 aromatic rings. The lowest BCUT2D eigenvalue weighted by Crippen LogP contribution is -2.22. The summed E-state index contributed by atoms with van der Waals surface area (Å²) in [4.78, 5) is 1.33. The summed E-state index contributed by atoms with van der Waals surface area (Å²) in [7, 11) is 0. The highest BCUT2D eigenvalue weighted by Crippen LogP contribution is 2.36. The third-order valence-corrected chi connectivity index (χ3v) is 6.95. The molecule has 0 aromatic carbocycles. The fourth-order valence-corrected chi connectivity index (χ4v) is 4.35. The summed E-state index contributed by atoms with van der Waals surface area (Å²) in [5.74, 6) is 0. The number of thiophene rings is 1. The molecule has 2 aromatic heterocycles. The number of likely N-dealkylation sites (N-methyl/N-ethyl adjacent to an activating group) is 1. The van der Waals surface area contributed by atoms with Gasteiger partial charge in [-0.15, -0.1) is 11.3 Å². The zero-order valence-corrected chi connectivity index (χ0v) is 16.6. The van der Waals surface area contributed by atoms with Crippen LogP contribution in [0.4, 0.5) is 0 Å². The van der Waals surface area contributed by atoms with Crippen LogP contribution in [-0.2, 0) is 6.42 Å². The molecule has 3 nitrogen and oxygen atoms in total. The van der Waals surface area contributed by atoms with Crippen molar-refractivity contribution in [2.45, 2.75) is 45.7 Å². The minimum absolute atomic E-state index is 0.308. The Hall–Kier alpha value is -0.170. The predicted octanol–water partition coefficient (Wildman–Crippen LogP) is 5.33. The van der Waals surface area contributed by atoms with Gasteiger partial charge >= 0.3 is 0 Å². The van der Waals surface area contributed by atoms with Crippen molar-refractivity contribution in [1.29, 1.82) is 0 Å². The first-order chi connectivity index (χ1) is 10.0. The molecule has 0 fully saturated rings. The van der Waals surface area contributed by atoms with Crippen LogP contribution in [0.3, 0.4) is 0 Å². The first kappa shape index (κ1) is 17.2. The maximum absolute atomic E-state index is 4.72. The van der Waals surface area contributed by atoms with Crippen molar-refractivity contribution in [3.63, 3.8) is 0 Å². The molecular formula is C15H21Br2N3S. The number of nitrogens with zero attached hydrogens (tertiary/aromatic N) is 2. The second-order valence-corrected chi connectivity index (χ2v) is 8.39. The van der Waals surface area contributed by atoms with Crippen molar-refractivity contribution < 1.29 is 0 Å². The highest BCUT2D eigenvalue weighted by atomic mass is 79.9. The molecule has 0 aliphatic heterocycles. The van der Waals surface area contributed by atoms with Gasteiger partial charge in [-0.3, -0.25) is 4.68 Å². The van der Waals surface area contributed by atoms with Gasteiger partial charge in [0.05, 0.1) is 9.48 Å². The number of aromatic nitrogens is 2. The summed E-state index contributed by atoms with van der Waals surface area (Å²) in [5.41, 5.74) is 1.14.